The average molecular weight is 518 g/mol. The zero-order valence-corrected chi connectivity index (χ0v) is 20.0. The molecule has 1 amide bonds. The molecule has 2 aromatic heterocycles. The Morgan fingerprint density at radius 2 is 1.55 bits per heavy atom. The smallest absolute Gasteiger partial charge is 0.475 e. The first-order valence-electron chi connectivity index (χ1n) is 11.2. The van der Waals surface area contributed by atoms with Crippen molar-refractivity contribution in [2.75, 3.05) is 11.1 Å². The molecule has 0 radical (unpaired) electrons. The van der Waals surface area contributed by atoms with E-state index in [1.807, 2.05) is 79.7 Å². The maximum Gasteiger partial charge on any atom is 0.490 e. The van der Waals surface area contributed by atoms with Crippen LogP contribution >= 0.6 is 0 Å². The van der Waals surface area contributed by atoms with Crippen molar-refractivity contribution in [2.45, 2.75) is 13.1 Å². The lowest BCUT2D eigenvalue weighted by Crippen LogP contribution is -2.21. The third-order valence-electron chi connectivity index (χ3n) is 5.55. The van der Waals surface area contributed by atoms with Crippen LogP contribution in [0.25, 0.3) is 32.9 Å². The van der Waals surface area contributed by atoms with Gasteiger partial charge in [0, 0.05) is 39.6 Å². The van der Waals surface area contributed by atoms with Gasteiger partial charge in [-0.2, -0.15) is 13.2 Å². The van der Waals surface area contributed by atoms with Gasteiger partial charge in [0.2, 0.25) is 0 Å². The van der Waals surface area contributed by atoms with Crippen molar-refractivity contribution in [2.24, 2.45) is 0 Å². The van der Waals surface area contributed by atoms with E-state index in [1.165, 1.54) is 0 Å². The quantitative estimate of drug-likeness (QED) is 0.261. The monoisotopic (exact) mass is 518 g/mol. The predicted molar refractivity (Wildman–Crippen MR) is 140 cm³/mol. The summed E-state index contributed by atoms with van der Waals surface area (Å²) in [4.78, 5) is 30.5. The summed E-state index contributed by atoms with van der Waals surface area (Å²) in [6.45, 7) is 1.91. The molecule has 5 rings (SSSR count). The van der Waals surface area contributed by atoms with E-state index in [0.717, 1.165) is 38.6 Å². The van der Waals surface area contributed by atoms with Crippen LogP contribution in [-0.4, -0.2) is 33.1 Å². The van der Waals surface area contributed by atoms with E-state index in [-0.39, 0.29) is 5.91 Å². The minimum absolute atomic E-state index is 0.174. The lowest BCUT2D eigenvalue weighted by atomic mass is 10.0. The second-order valence-corrected chi connectivity index (χ2v) is 8.33. The summed E-state index contributed by atoms with van der Waals surface area (Å²) in [7, 11) is 0. The molecule has 0 bridgehead atoms. The highest BCUT2D eigenvalue weighted by Gasteiger charge is 2.38. The Balaban J connectivity index is 0.000000426. The summed E-state index contributed by atoms with van der Waals surface area (Å²) in [6.07, 6.45) is -3.29. The van der Waals surface area contributed by atoms with Crippen LogP contribution in [0, 0.1) is 6.92 Å². The second kappa shape index (κ2) is 10.6. The van der Waals surface area contributed by atoms with Gasteiger partial charge in [0.05, 0.1) is 11.0 Å². The van der Waals surface area contributed by atoms with Crippen LogP contribution in [0.2, 0.25) is 0 Å². The number of carboxylic acid groups (broad SMARTS) is 1. The van der Waals surface area contributed by atoms with Gasteiger partial charge in [-0.25, -0.2) is 4.79 Å². The summed E-state index contributed by atoms with van der Waals surface area (Å²) < 4.78 is 31.7. The molecule has 0 spiro atoms. The predicted octanol–water partition coefficient (Wildman–Crippen LogP) is 6.23. The number of pyridine rings is 2. The first-order chi connectivity index (χ1) is 18.0. The molecule has 0 saturated heterocycles. The van der Waals surface area contributed by atoms with Crippen molar-refractivity contribution in [3.05, 3.63) is 96.3 Å². The SMILES string of the molecule is Cc1cc(N)c2cc(NC(=O)c3ccc(-c4ccc5ncccc5c4)cc3)ccc2n1.O=C(O)C(F)(F)F. The van der Waals surface area contributed by atoms with Crippen LogP contribution in [0.15, 0.2) is 85.1 Å². The van der Waals surface area contributed by atoms with Gasteiger partial charge in [-0.1, -0.05) is 24.3 Å². The fraction of sp³-hybridized carbons (Fsp3) is 0.0714. The van der Waals surface area contributed by atoms with Gasteiger partial charge in [-0.3, -0.25) is 14.8 Å². The van der Waals surface area contributed by atoms with Gasteiger partial charge in [0.1, 0.15) is 0 Å². The third kappa shape index (κ3) is 6.04. The molecule has 4 N–H and O–H groups in total. The second-order valence-electron chi connectivity index (χ2n) is 8.33. The van der Waals surface area contributed by atoms with Gasteiger partial charge < -0.3 is 16.2 Å². The lowest BCUT2D eigenvalue weighted by molar-refractivity contribution is -0.192. The number of rotatable bonds is 3. The van der Waals surface area contributed by atoms with E-state index in [1.54, 1.807) is 6.20 Å². The van der Waals surface area contributed by atoms with E-state index >= 15 is 0 Å². The summed E-state index contributed by atoms with van der Waals surface area (Å²) >= 11 is 0. The minimum atomic E-state index is -5.08. The van der Waals surface area contributed by atoms with Gasteiger partial charge in [-0.15, -0.1) is 0 Å². The number of alkyl halides is 3. The van der Waals surface area contributed by atoms with Crippen LogP contribution < -0.4 is 11.1 Å². The van der Waals surface area contributed by atoms with Crippen molar-refractivity contribution in [1.82, 2.24) is 9.97 Å². The highest BCUT2D eigenvalue weighted by Crippen LogP contribution is 2.26. The minimum Gasteiger partial charge on any atom is -0.475 e. The molecule has 0 atom stereocenters. The summed E-state index contributed by atoms with van der Waals surface area (Å²) in [5.74, 6) is -2.93. The Hall–Kier alpha value is -4.99. The number of nitrogens with one attached hydrogen (secondary N) is 1. The Morgan fingerprint density at radius 3 is 2.24 bits per heavy atom. The number of nitrogens with two attached hydrogens (primary N) is 1. The number of aryl methyl sites for hydroxylation is 1. The Bertz CT molecular complexity index is 1650. The number of amides is 1. The van der Waals surface area contributed by atoms with Gasteiger partial charge >= 0.3 is 12.1 Å². The number of carbonyl (C=O) groups is 2. The summed E-state index contributed by atoms with van der Waals surface area (Å²) in [6, 6.07) is 25.1. The maximum absolute atomic E-state index is 12.7. The van der Waals surface area contributed by atoms with Crippen LogP contribution in [0.5, 0.6) is 0 Å². The Morgan fingerprint density at radius 1 is 0.895 bits per heavy atom. The molecule has 38 heavy (non-hydrogen) atoms. The summed E-state index contributed by atoms with van der Waals surface area (Å²) in [5.41, 5.74) is 12.8. The number of aliphatic carboxylic acids is 1. The van der Waals surface area contributed by atoms with Gasteiger partial charge in [0.25, 0.3) is 5.91 Å². The molecule has 192 valence electrons. The molecule has 0 aliphatic carbocycles. The number of hydrogen-bond donors (Lipinski definition) is 3. The summed E-state index contributed by atoms with van der Waals surface area (Å²) in [5, 5.41) is 12.0. The lowest BCUT2D eigenvalue weighted by Gasteiger charge is -2.09. The molecule has 2 heterocycles. The molecule has 3 aromatic carbocycles. The molecule has 0 aliphatic rings. The number of nitrogen functional groups attached to an aromatic ring is 1. The van der Waals surface area contributed by atoms with E-state index in [9.17, 15) is 18.0 Å². The largest absolute Gasteiger partial charge is 0.490 e. The number of hydrogen-bond acceptors (Lipinski definition) is 5. The molecule has 0 unspecified atom stereocenters. The van der Waals surface area contributed by atoms with Crippen molar-refractivity contribution in [1.29, 1.82) is 0 Å². The number of carbonyl (C=O) groups excluding carboxylic acids is 1. The number of aromatic nitrogens is 2. The molecule has 0 aliphatic heterocycles. The highest BCUT2D eigenvalue weighted by atomic mass is 19.4. The highest BCUT2D eigenvalue weighted by molar-refractivity contribution is 6.06. The topological polar surface area (TPSA) is 118 Å². The zero-order chi connectivity index (χ0) is 27.4. The fourth-order valence-corrected chi connectivity index (χ4v) is 3.74. The van der Waals surface area contributed by atoms with Crippen molar-refractivity contribution < 1.29 is 27.9 Å². The standard InChI is InChI=1S/C26H20N4O.C2HF3O2/c1-16-13-23(27)22-15-21(9-11-25(22)29-16)30-26(31)18-6-4-17(5-7-18)19-8-10-24-20(14-19)3-2-12-28-24;3-2(4,5)1(6)7/h2-15H,1H3,(H2,27,29)(H,30,31);(H,6,7). The van der Waals surface area contributed by atoms with E-state index in [2.05, 4.69) is 21.4 Å². The first kappa shape index (κ1) is 26.1. The Labute approximate surface area is 214 Å². The van der Waals surface area contributed by atoms with E-state index in [4.69, 9.17) is 15.6 Å². The fourth-order valence-electron chi connectivity index (χ4n) is 3.74. The number of halogens is 3. The van der Waals surface area contributed by atoms with Gasteiger partial charge in [-0.05, 0) is 72.6 Å². The maximum atomic E-state index is 12.7. The van der Waals surface area contributed by atoms with Crippen LogP contribution in [0.4, 0.5) is 24.5 Å². The molecular weight excluding hydrogens is 497 g/mol. The number of benzene rings is 3. The van der Waals surface area contributed by atoms with E-state index in [0.29, 0.717) is 16.9 Å². The number of nitrogens with zero attached hydrogens (tertiary/aromatic N) is 2. The number of fused-ring (bicyclic) bond motifs is 2. The third-order valence-corrected chi connectivity index (χ3v) is 5.55. The van der Waals surface area contributed by atoms with Crippen molar-refractivity contribution >= 4 is 45.1 Å². The zero-order valence-electron chi connectivity index (χ0n) is 20.0. The molecule has 10 heteroatoms. The molecule has 0 fully saturated rings. The molecular formula is C28H21F3N4O3. The molecule has 0 saturated carbocycles. The number of carboxylic acids is 1. The van der Waals surface area contributed by atoms with Crippen molar-refractivity contribution in [3.8, 4) is 11.1 Å². The van der Waals surface area contributed by atoms with Crippen LogP contribution in [0.1, 0.15) is 16.1 Å². The first-order valence-corrected chi connectivity index (χ1v) is 11.2. The Kier molecular flexibility index (Phi) is 7.24. The van der Waals surface area contributed by atoms with Crippen LogP contribution in [-0.2, 0) is 4.79 Å². The molecule has 7 nitrogen and oxygen atoms in total. The number of anilines is 2. The van der Waals surface area contributed by atoms with E-state index < -0.39 is 12.1 Å². The van der Waals surface area contributed by atoms with Crippen LogP contribution in [0.3, 0.4) is 0 Å². The molecule has 5 aromatic rings. The normalized spacial score (nSPS) is 11.1. The van der Waals surface area contributed by atoms with Crippen molar-refractivity contribution in [3.63, 3.8) is 0 Å². The average Bonchev–Trinajstić information content (AvgIpc) is 2.88. The van der Waals surface area contributed by atoms with Gasteiger partial charge in [0.15, 0.2) is 0 Å².